The zero-order valence-corrected chi connectivity index (χ0v) is 8.48. The Labute approximate surface area is 86.4 Å². The first kappa shape index (κ1) is 12.8. The molecule has 0 saturated carbocycles. The minimum absolute atomic E-state index is 0.0170. The van der Waals surface area contributed by atoms with E-state index in [4.69, 9.17) is 16.3 Å². The Kier molecular flexibility index (Phi) is 5.10. The van der Waals surface area contributed by atoms with Gasteiger partial charge in [0.2, 0.25) is 0 Å². The monoisotopic (exact) mass is 214 g/mol. The Hall–Kier alpha value is -1.15. The quantitative estimate of drug-likeness (QED) is 0.402. The summed E-state index contributed by atoms with van der Waals surface area (Å²) in [6.45, 7) is 7.39. The van der Waals surface area contributed by atoms with Gasteiger partial charge in [-0.15, -0.1) is 0 Å². The van der Waals surface area contributed by atoms with E-state index in [-0.39, 0.29) is 16.4 Å². The Balaban J connectivity index is 0.000000791. The fourth-order valence-electron chi connectivity index (χ4n) is 0.979. The molecular weight excluding hydrogens is 207 g/mol. The van der Waals surface area contributed by atoms with Crippen LogP contribution in [0.4, 0.5) is 4.39 Å². The van der Waals surface area contributed by atoms with Crippen molar-refractivity contribution in [3.8, 4) is 0 Å². The van der Waals surface area contributed by atoms with Crippen LogP contribution in [0, 0.1) is 19.4 Å². The number of Topliss-reactive ketones (excluding diaryl/α,β-unsaturated/α-hetero) is 1. The van der Waals surface area contributed by atoms with E-state index in [1.807, 2.05) is 0 Å². The molecule has 0 fully saturated rings. The van der Waals surface area contributed by atoms with Crippen LogP contribution in [0.25, 0.3) is 0 Å². The fourth-order valence-corrected chi connectivity index (χ4v) is 1.26. The molecule has 0 aliphatic heterocycles. The van der Waals surface area contributed by atoms with Gasteiger partial charge in [-0.1, -0.05) is 17.7 Å². The summed E-state index contributed by atoms with van der Waals surface area (Å²) in [4.78, 5) is 10.9. The van der Waals surface area contributed by atoms with Crippen molar-refractivity contribution in [1.82, 2.24) is 0 Å². The molecule has 0 unspecified atom stereocenters. The van der Waals surface area contributed by atoms with Gasteiger partial charge in [-0.05, 0) is 25.5 Å². The molecule has 0 spiro atoms. The van der Waals surface area contributed by atoms with Gasteiger partial charge in [-0.3, -0.25) is 4.79 Å². The van der Waals surface area contributed by atoms with Gasteiger partial charge in [0.15, 0.2) is 5.78 Å². The van der Waals surface area contributed by atoms with Gasteiger partial charge in [0.1, 0.15) is 5.82 Å². The predicted octanol–water partition coefficient (Wildman–Crippen LogP) is 2.95. The van der Waals surface area contributed by atoms with Crippen molar-refractivity contribution in [1.29, 1.82) is 0 Å². The van der Waals surface area contributed by atoms with Crippen LogP contribution in [0.2, 0.25) is 5.02 Å². The summed E-state index contributed by atoms with van der Waals surface area (Å²) >= 11 is 5.64. The second kappa shape index (κ2) is 5.55. The first-order chi connectivity index (χ1) is 6.54. The molecular formula is C10H8ClFO2. The van der Waals surface area contributed by atoms with Crippen LogP contribution in [0.5, 0.6) is 0 Å². The van der Waals surface area contributed by atoms with Gasteiger partial charge in [0.25, 0.3) is 0 Å². The third kappa shape index (κ3) is 2.67. The number of hydrogen-bond acceptors (Lipinski definition) is 1. The van der Waals surface area contributed by atoms with Crippen molar-refractivity contribution >= 4 is 17.4 Å². The van der Waals surface area contributed by atoms with E-state index in [9.17, 15) is 9.18 Å². The van der Waals surface area contributed by atoms with Crippen molar-refractivity contribution in [3.63, 3.8) is 0 Å². The second-order valence-electron chi connectivity index (χ2n) is 2.61. The Morgan fingerprint density at radius 3 is 2.36 bits per heavy atom. The maximum atomic E-state index is 13.2. The van der Waals surface area contributed by atoms with E-state index in [0.717, 1.165) is 0 Å². The van der Waals surface area contributed by atoms with Crippen LogP contribution >= 0.6 is 11.6 Å². The molecule has 14 heavy (non-hydrogen) atoms. The first-order valence-electron chi connectivity index (χ1n) is 3.70. The number of ketones is 1. The molecule has 0 aromatic heterocycles. The van der Waals surface area contributed by atoms with Crippen LogP contribution < -0.4 is 0 Å². The number of rotatable bonds is 1. The summed E-state index contributed by atoms with van der Waals surface area (Å²) in [6, 6.07) is 3.07. The Morgan fingerprint density at radius 2 is 2.00 bits per heavy atom. The second-order valence-corrected chi connectivity index (χ2v) is 3.02. The van der Waals surface area contributed by atoms with E-state index in [1.165, 1.54) is 13.0 Å². The summed E-state index contributed by atoms with van der Waals surface area (Å²) in [6.07, 6.45) is 0. The van der Waals surface area contributed by atoms with Gasteiger partial charge in [0, 0.05) is 0 Å². The molecule has 74 valence electrons. The summed E-state index contributed by atoms with van der Waals surface area (Å²) in [5.41, 5.74) is 0.418. The number of benzene rings is 1. The molecule has 1 aromatic carbocycles. The molecule has 0 amide bonds. The van der Waals surface area contributed by atoms with E-state index in [2.05, 4.69) is 6.65 Å². The average molecular weight is 215 g/mol. The summed E-state index contributed by atoms with van der Waals surface area (Å²) < 4.78 is 20.7. The molecule has 0 atom stereocenters. The van der Waals surface area contributed by atoms with Gasteiger partial charge >= 0.3 is 11.3 Å². The average Bonchev–Trinajstić information content (AvgIpc) is 2.15. The van der Waals surface area contributed by atoms with E-state index in [1.54, 1.807) is 13.0 Å². The molecule has 2 nitrogen and oxygen atoms in total. The fraction of sp³-hybridized carbons (Fsp3) is 0.200. The molecule has 0 bridgehead atoms. The molecule has 0 saturated heterocycles. The topological polar surface area (TPSA) is 37.0 Å². The molecule has 4 heteroatoms. The summed E-state index contributed by atoms with van der Waals surface area (Å²) in [5.74, 6) is -0.865. The van der Waals surface area contributed by atoms with Gasteiger partial charge in [0.05, 0.1) is 10.6 Å². The molecule has 0 N–H and O–H groups in total. The molecule has 0 aliphatic carbocycles. The predicted molar refractivity (Wildman–Crippen MR) is 50.1 cm³/mol. The van der Waals surface area contributed by atoms with Crippen LogP contribution in [0.3, 0.4) is 0 Å². The minimum atomic E-state index is -0.519. The standard InChI is InChI=1S/C9H8ClFO.CO/c1-5-3-4-7(10)8(6(2)12)9(5)11;1-2/h3-4H,1-2H3;. The van der Waals surface area contributed by atoms with Gasteiger partial charge in [-0.2, -0.15) is 0 Å². The Morgan fingerprint density at radius 1 is 1.50 bits per heavy atom. The van der Waals surface area contributed by atoms with Gasteiger partial charge < -0.3 is 0 Å². The summed E-state index contributed by atoms with van der Waals surface area (Å²) in [5, 5.41) is 0.172. The summed E-state index contributed by atoms with van der Waals surface area (Å²) in [7, 11) is 0. The number of carbonyl (C=O) groups is 1. The SMILES string of the molecule is CC(=O)c1c(Cl)ccc(C)c1F.[C-]#[O+]. The van der Waals surface area contributed by atoms with Crippen molar-refractivity contribution in [2.24, 2.45) is 0 Å². The van der Waals surface area contributed by atoms with Crippen LogP contribution in [0.1, 0.15) is 22.8 Å². The zero-order chi connectivity index (χ0) is 11.3. The van der Waals surface area contributed by atoms with Crippen LogP contribution in [-0.2, 0) is 4.65 Å². The molecule has 1 rings (SSSR count). The Bertz CT molecular complexity index is 372. The number of carbonyl (C=O) groups excluding carboxylic acids is 1. The number of hydrogen-bond donors (Lipinski definition) is 0. The van der Waals surface area contributed by atoms with Crippen molar-refractivity contribution in [3.05, 3.63) is 40.7 Å². The number of aryl methyl sites for hydroxylation is 1. The zero-order valence-electron chi connectivity index (χ0n) is 7.73. The third-order valence-electron chi connectivity index (χ3n) is 1.64. The third-order valence-corrected chi connectivity index (χ3v) is 1.95. The van der Waals surface area contributed by atoms with E-state index in [0.29, 0.717) is 5.56 Å². The van der Waals surface area contributed by atoms with E-state index < -0.39 is 5.82 Å². The molecule has 0 radical (unpaired) electrons. The maximum absolute atomic E-state index is 13.2. The van der Waals surface area contributed by atoms with Crippen molar-refractivity contribution in [2.45, 2.75) is 13.8 Å². The van der Waals surface area contributed by atoms with E-state index >= 15 is 0 Å². The normalized spacial score (nSPS) is 8.71. The molecule has 1 aromatic rings. The van der Waals surface area contributed by atoms with Crippen LogP contribution in [-0.4, -0.2) is 5.78 Å². The van der Waals surface area contributed by atoms with Crippen LogP contribution in [0.15, 0.2) is 12.1 Å². The molecule has 0 aliphatic rings. The van der Waals surface area contributed by atoms with Crippen molar-refractivity contribution < 1.29 is 13.8 Å². The van der Waals surface area contributed by atoms with Crippen molar-refractivity contribution in [2.75, 3.05) is 0 Å². The van der Waals surface area contributed by atoms with Gasteiger partial charge in [-0.25, -0.2) is 4.39 Å². The molecule has 0 heterocycles. The first-order valence-corrected chi connectivity index (χ1v) is 4.07. The number of halogens is 2.